The van der Waals surface area contributed by atoms with E-state index in [9.17, 15) is 9.59 Å². The Morgan fingerprint density at radius 3 is 2.56 bits per heavy atom. The summed E-state index contributed by atoms with van der Waals surface area (Å²) in [6, 6.07) is 12.1. The van der Waals surface area contributed by atoms with Crippen LogP contribution in [0, 0.1) is 0 Å². The zero-order chi connectivity index (χ0) is 24.6. The molecule has 36 heavy (non-hydrogen) atoms. The molecular weight excluding hydrogens is 456 g/mol. The lowest BCUT2D eigenvalue weighted by Crippen LogP contribution is -2.49. The molecule has 1 N–H and O–H groups in total. The van der Waals surface area contributed by atoms with Crippen LogP contribution in [0.2, 0.25) is 0 Å². The highest BCUT2D eigenvalue weighted by Crippen LogP contribution is 2.45. The quantitative estimate of drug-likeness (QED) is 0.599. The van der Waals surface area contributed by atoms with Gasteiger partial charge in [-0.3, -0.25) is 9.69 Å². The number of hydrogen-bond donors (Lipinski definition) is 1. The lowest BCUT2D eigenvalue weighted by molar-refractivity contribution is -0.132. The van der Waals surface area contributed by atoms with Crippen LogP contribution in [-0.4, -0.2) is 72.9 Å². The Labute approximate surface area is 211 Å². The van der Waals surface area contributed by atoms with Crippen molar-refractivity contribution in [1.82, 2.24) is 20.5 Å². The number of hydrogen-bond acceptors (Lipinski definition) is 8. The Balaban J connectivity index is 0.997. The smallest absolute Gasteiger partial charge is 0.338 e. The molecule has 1 amide bonds. The molecular formula is C27H32N6O3. The highest BCUT2D eigenvalue weighted by molar-refractivity contribution is 5.94. The second kappa shape index (κ2) is 9.55. The molecule has 1 saturated carbocycles. The van der Waals surface area contributed by atoms with Gasteiger partial charge in [0.25, 0.3) is 0 Å². The molecule has 2 fully saturated rings. The molecule has 0 atom stereocenters. The molecule has 9 heteroatoms. The van der Waals surface area contributed by atoms with Crippen LogP contribution in [0.1, 0.15) is 51.4 Å². The van der Waals surface area contributed by atoms with Crippen LogP contribution in [0.25, 0.3) is 0 Å². The van der Waals surface area contributed by atoms with Gasteiger partial charge in [-0.1, -0.05) is 18.2 Å². The summed E-state index contributed by atoms with van der Waals surface area (Å²) >= 11 is 0. The summed E-state index contributed by atoms with van der Waals surface area (Å²) in [4.78, 5) is 29.3. The van der Waals surface area contributed by atoms with E-state index in [0.717, 1.165) is 61.5 Å². The molecule has 188 valence electrons. The van der Waals surface area contributed by atoms with Crippen LogP contribution in [0.3, 0.4) is 0 Å². The van der Waals surface area contributed by atoms with Gasteiger partial charge in [-0.25, -0.2) is 14.9 Å². The monoisotopic (exact) mass is 488 g/mol. The zero-order valence-corrected chi connectivity index (χ0v) is 20.7. The number of esters is 1. The van der Waals surface area contributed by atoms with Crippen molar-refractivity contribution in [3.05, 3.63) is 64.2 Å². The molecule has 0 radical (unpaired) electrons. The number of amides is 1. The molecule has 0 spiro atoms. The first-order valence-corrected chi connectivity index (χ1v) is 12.8. The van der Waals surface area contributed by atoms with Crippen LogP contribution < -0.4 is 10.5 Å². The maximum atomic E-state index is 12.9. The van der Waals surface area contributed by atoms with Crippen LogP contribution in [0.15, 0.2) is 41.5 Å². The third kappa shape index (κ3) is 4.68. The fourth-order valence-corrected chi connectivity index (χ4v) is 5.40. The van der Waals surface area contributed by atoms with E-state index in [1.165, 1.54) is 24.0 Å². The topological polar surface area (TPSA) is 80.7 Å². The van der Waals surface area contributed by atoms with E-state index in [2.05, 4.69) is 21.6 Å². The first-order valence-electron chi connectivity index (χ1n) is 12.8. The van der Waals surface area contributed by atoms with E-state index in [-0.39, 0.29) is 11.9 Å². The fraction of sp³-hybridized carbons (Fsp3) is 0.444. The molecule has 1 saturated heterocycles. The number of anilines is 1. The molecule has 4 aliphatic rings. The maximum absolute atomic E-state index is 12.9. The number of fused-ring (bicyclic) bond motifs is 1. The van der Waals surface area contributed by atoms with Gasteiger partial charge in [-0.2, -0.15) is 0 Å². The van der Waals surface area contributed by atoms with Gasteiger partial charge in [0.05, 0.1) is 17.7 Å². The molecule has 3 aliphatic heterocycles. The highest BCUT2D eigenvalue weighted by atomic mass is 16.5. The number of nitrogens with one attached hydrogen (secondary N) is 1. The van der Waals surface area contributed by atoms with Crippen molar-refractivity contribution < 1.29 is 14.3 Å². The van der Waals surface area contributed by atoms with Crippen LogP contribution in [-0.2, 0) is 29.0 Å². The van der Waals surface area contributed by atoms with E-state index < -0.39 is 0 Å². The Morgan fingerprint density at radius 1 is 1.08 bits per heavy atom. The highest BCUT2D eigenvalue weighted by Gasteiger charge is 2.34. The largest absolute Gasteiger partial charge is 0.457 e. The zero-order valence-electron chi connectivity index (χ0n) is 20.7. The standard InChI is InChI=1S/C27H32N6O3/c1-30-28-18-33(29-30)22-7-2-19(3-8-22)16-25(34)32-14-12-31(13-15-32)11-10-21-6-9-23-24(17-36-27(23)35)26(21)20-4-5-20/h2-3,6-9,18,20,29H,4-5,10-17H2,1H3. The van der Waals surface area contributed by atoms with E-state index in [0.29, 0.717) is 18.9 Å². The van der Waals surface area contributed by atoms with Gasteiger partial charge >= 0.3 is 5.97 Å². The van der Waals surface area contributed by atoms with E-state index in [1.54, 1.807) is 11.5 Å². The normalized spacial score (nSPS) is 19.7. The van der Waals surface area contributed by atoms with Crippen molar-refractivity contribution >= 4 is 23.9 Å². The third-order valence-electron chi connectivity index (χ3n) is 7.59. The molecule has 3 heterocycles. The minimum atomic E-state index is -0.180. The summed E-state index contributed by atoms with van der Waals surface area (Å²) in [6.45, 7) is 4.71. The van der Waals surface area contributed by atoms with E-state index >= 15 is 0 Å². The van der Waals surface area contributed by atoms with Gasteiger partial charge in [0.15, 0.2) is 0 Å². The maximum Gasteiger partial charge on any atom is 0.338 e. The number of benzene rings is 2. The molecule has 1 aliphatic carbocycles. The average Bonchev–Trinajstić information content (AvgIpc) is 3.54. The molecule has 2 aromatic carbocycles. The Morgan fingerprint density at radius 2 is 1.86 bits per heavy atom. The number of cyclic esters (lactones) is 1. The summed E-state index contributed by atoms with van der Waals surface area (Å²) < 4.78 is 5.30. The Hall–Kier alpha value is -3.43. The first-order chi connectivity index (χ1) is 17.5. The average molecular weight is 489 g/mol. The first kappa shape index (κ1) is 23.0. The van der Waals surface area contributed by atoms with Crippen LogP contribution in [0.5, 0.6) is 0 Å². The fourth-order valence-electron chi connectivity index (χ4n) is 5.40. The summed E-state index contributed by atoms with van der Waals surface area (Å²) in [5, 5.41) is 7.59. The van der Waals surface area contributed by atoms with E-state index in [4.69, 9.17) is 4.74 Å². The Kier molecular flexibility index (Phi) is 6.10. The SMILES string of the molecule is CN1N=CN(c2ccc(CC(=O)N3CCN(CCc4ccc5c(c4C4CC4)COC5=O)CC3)cc2)N1. The number of hydrazone groups is 1. The van der Waals surface area contributed by atoms with Crippen molar-refractivity contribution in [3.8, 4) is 0 Å². The number of carbonyl (C=O) groups excluding carboxylic acids is 2. The van der Waals surface area contributed by atoms with Crippen molar-refractivity contribution in [2.75, 3.05) is 44.8 Å². The summed E-state index contributed by atoms with van der Waals surface area (Å²) in [7, 11) is 1.83. The lowest BCUT2D eigenvalue weighted by atomic mass is 9.92. The lowest BCUT2D eigenvalue weighted by Gasteiger charge is -2.35. The van der Waals surface area contributed by atoms with Gasteiger partial charge in [0.2, 0.25) is 5.91 Å². The van der Waals surface area contributed by atoms with Crippen molar-refractivity contribution in [3.63, 3.8) is 0 Å². The predicted molar refractivity (Wildman–Crippen MR) is 136 cm³/mol. The number of rotatable bonds is 7. The minimum absolute atomic E-state index is 0.180. The van der Waals surface area contributed by atoms with Gasteiger partial charge in [0, 0.05) is 45.3 Å². The number of hydrazine groups is 2. The Bertz CT molecular complexity index is 1180. The molecule has 0 bridgehead atoms. The molecule has 0 unspecified atom stereocenters. The van der Waals surface area contributed by atoms with Gasteiger partial charge in [-0.05, 0) is 60.1 Å². The van der Waals surface area contributed by atoms with Crippen LogP contribution >= 0.6 is 0 Å². The van der Waals surface area contributed by atoms with Gasteiger partial charge in [0.1, 0.15) is 12.9 Å². The molecule has 0 aromatic heterocycles. The van der Waals surface area contributed by atoms with Crippen LogP contribution in [0.4, 0.5) is 5.69 Å². The van der Waals surface area contributed by atoms with E-state index in [1.807, 2.05) is 47.3 Å². The van der Waals surface area contributed by atoms with Crippen molar-refractivity contribution in [2.24, 2.45) is 5.10 Å². The second-order valence-electron chi connectivity index (χ2n) is 10.1. The van der Waals surface area contributed by atoms with Gasteiger partial charge < -0.3 is 9.64 Å². The molecule has 6 rings (SSSR count). The van der Waals surface area contributed by atoms with Crippen molar-refractivity contribution in [2.45, 2.75) is 38.2 Å². The van der Waals surface area contributed by atoms with Crippen molar-refractivity contribution in [1.29, 1.82) is 0 Å². The summed E-state index contributed by atoms with van der Waals surface area (Å²) in [5.74, 6) is 0.595. The second-order valence-corrected chi connectivity index (χ2v) is 10.1. The minimum Gasteiger partial charge on any atom is -0.457 e. The number of carbonyl (C=O) groups is 2. The molecule has 9 nitrogen and oxygen atoms in total. The predicted octanol–water partition coefficient (Wildman–Crippen LogP) is 2.28. The number of piperazine rings is 1. The summed E-state index contributed by atoms with van der Waals surface area (Å²) in [6.07, 6.45) is 5.53. The third-order valence-corrected chi connectivity index (χ3v) is 7.59. The molecule has 2 aromatic rings. The number of nitrogens with zero attached hydrogens (tertiary/aromatic N) is 5. The van der Waals surface area contributed by atoms with Gasteiger partial charge in [-0.15, -0.1) is 10.6 Å². The summed E-state index contributed by atoms with van der Waals surface area (Å²) in [5.41, 5.74) is 9.68. The number of ether oxygens (including phenoxy) is 1.